The van der Waals surface area contributed by atoms with E-state index >= 15 is 0 Å². The van der Waals surface area contributed by atoms with Crippen molar-refractivity contribution in [1.82, 2.24) is 0 Å². The van der Waals surface area contributed by atoms with Gasteiger partial charge in [0.15, 0.2) is 0 Å². The molecule has 0 bridgehead atoms. The predicted octanol–water partition coefficient (Wildman–Crippen LogP) is 9.70. The van der Waals surface area contributed by atoms with E-state index in [0.717, 1.165) is 37.9 Å². The van der Waals surface area contributed by atoms with E-state index in [1.54, 1.807) is 0 Å². The first kappa shape index (κ1) is 31.9. The average Bonchev–Trinajstić information content (AvgIpc) is 3.17. The molecule has 0 radical (unpaired) electrons. The van der Waals surface area contributed by atoms with Gasteiger partial charge in [-0.2, -0.15) is 0 Å². The fourth-order valence-electron chi connectivity index (χ4n) is 8.34. The van der Waals surface area contributed by atoms with Crippen molar-refractivity contribution in [2.45, 2.75) is 132 Å². The zero-order chi connectivity index (χ0) is 26.6. The van der Waals surface area contributed by atoms with E-state index in [2.05, 4.69) is 47.8 Å². The fraction of sp³-hybridized carbons (Fsp3) is 0.788. The fourth-order valence-corrected chi connectivity index (χ4v) is 8.34. The number of carbonyl (C=O) groups excluding carboxylic acids is 1. The van der Waals surface area contributed by atoms with Gasteiger partial charge in [0.25, 0.3) is 0 Å². The summed E-state index contributed by atoms with van der Waals surface area (Å²) in [6.07, 6.45) is 19.8. The first-order valence-corrected chi connectivity index (χ1v) is 14.9. The Bertz CT molecular complexity index is 700. The summed E-state index contributed by atoms with van der Waals surface area (Å²) in [5.41, 5.74) is 10.0. The van der Waals surface area contributed by atoms with E-state index in [9.17, 15) is 4.79 Å². The molecular formula is C33H61NO. The lowest BCUT2D eigenvalue weighted by atomic mass is 9.46. The molecule has 3 rings (SSSR count). The van der Waals surface area contributed by atoms with Gasteiger partial charge in [-0.1, -0.05) is 91.0 Å². The van der Waals surface area contributed by atoms with Crippen molar-refractivity contribution in [3.05, 3.63) is 36.5 Å². The van der Waals surface area contributed by atoms with Gasteiger partial charge in [0, 0.05) is 7.47 Å². The number of aldehydes is 1. The zero-order valence-electron chi connectivity index (χ0n) is 24.5. The van der Waals surface area contributed by atoms with Crippen molar-refractivity contribution >= 4 is 6.29 Å². The zero-order valence-corrected chi connectivity index (χ0v) is 24.5. The van der Waals surface area contributed by atoms with Crippen molar-refractivity contribution < 1.29 is 6.22 Å². The molecular weight excluding hydrogens is 426 g/mol. The normalized spacial score (nSPS) is 36.6. The van der Waals surface area contributed by atoms with E-state index in [-0.39, 0.29) is 12.9 Å². The van der Waals surface area contributed by atoms with Gasteiger partial charge in [-0.25, -0.2) is 0 Å². The van der Waals surface area contributed by atoms with Crippen LogP contribution in [0.2, 0.25) is 0 Å². The summed E-state index contributed by atoms with van der Waals surface area (Å²) in [6, 6.07) is 0.234. The van der Waals surface area contributed by atoms with Crippen LogP contribution in [0.25, 0.3) is 0 Å². The first-order valence-electron chi connectivity index (χ1n) is 14.9. The van der Waals surface area contributed by atoms with Crippen LogP contribution in [0.4, 0.5) is 0 Å². The third-order valence-corrected chi connectivity index (χ3v) is 9.64. The molecule has 0 heterocycles. The molecule has 7 unspecified atom stereocenters. The van der Waals surface area contributed by atoms with Crippen LogP contribution in [0, 0.1) is 34.5 Å². The maximum absolute atomic E-state index is 11.2. The van der Waals surface area contributed by atoms with Gasteiger partial charge in [0.2, 0.25) is 0 Å². The van der Waals surface area contributed by atoms with E-state index in [4.69, 9.17) is 5.73 Å². The van der Waals surface area contributed by atoms with Crippen LogP contribution in [0.3, 0.4) is 0 Å². The van der Waals surface area contributed by atoms with Gasteiger partial charge in [-0.05, 0) is 98.9 Å². The largest absolute Gasteiger partial charge is 0.327 e. The Hall–Kier alpha value is -1.15. The molecule has 0 spiro atoms. The van der Waals surface area contributed by atoms with Crippen LogP contribution < -0.4 is 5.73 Å². The Balaban J connectivity index is 0.000000957. The Morgan fingerprint density at radius 1 is 1.11 bits per heavy atom. The topological polar surface area (TPSA) is 43.1 Å². The highest BCUT2D eigenvalue weighted by Crippen LogP contribution is 2.66. The minimum Gasteiger partial charge on any atom is -0.327 e. The molecule has 2 N–H and O–H groups in total. The second-order valence-corrected chi connectivity index (χ2v) is 11.8. The van der Waals surface area contributed by atoms with Crippen LogP contribution in [-0.4, -0.2) is 12.3 Å². The number of hydrogen-bond acceptors (Lipinski definition) is 2. The minimum atomic E-state index is 0. The van der Waals surface area contributed by atoms with Gasteiger partial charge in [-0.3, -0.25) is 4.79 Å². The number of allylic oxidation sites excluding steroid dienone is 4. The molecule has 3 fully saturated rings. The van der Waals surface area contributed by atoms with Crippen LogP contribution in [0.1, 0.15) is 127 Å². The molecule has 3 aliphatic rings. The maximum atomic E-state index is 11.2. The number of nitrogens with two attached hydrogens (primary N) is 1. The molecule has 2 heteroatoms. The van der Waals surface area contributed by atoms with Crippen molar-refractivity contribution in [1.29, 1.82) is 0 Å². The highest BCUT2D eigenvalue weighted by atomic mass is 16.1. The molecule has 204 valence electrons. The number of rotatable bonds is 9. The second-order valence-electron chi connectivity index (χ2n) is 11.8. The molecule has 0 aromatic heterocycles. The lowest BCUT2D eigenvalue weighted by Crippen LogP contribution is -2.58. The van der Waals surface area contributed by atoms with Crippen LogP contribution in [0.5, 0.6) is 0 Å². The summed E-state index contributed by atoms with van der Waals surface area (Å²) in [6.45, 7) is 23.6. The van der Waals surface area contributed by atoms with Crippen molar-refractivity contribution in [3.8, 4) is 0 Å². The molecule has 35 heavy (non-hydrogen) atoms. The monoisotopic (exact) mass is 487 g/mol. The molecule has 0 aromatic carbocycles. The second kappa shape index (κ2) is 15.2. The predicted molar refractivity (Wildman–Crippen MR) is 158 cm³/mol. The van der Waals surface area contributed by atoms with Gasteiger partial charge in [0.1, 0.15) is 6.29 Å². The summed E-state index contributed by atoms with van der Waals surface area (Å²) >= 11 is 0. The van der Waals surface area contributed by atoms with Gasteiger partial charge < -0.3 is 5.73 Å². The van der Waals surface area contributed by atoms with Crippen molar-refractivity contribution in [3.63, 3.8) is 0 Å². The van der Waals surface area contributed by atoms with Gasteiger partial charge in [-0.15, -0.1) is 6.58 Å². The summed E-state index contributed by atoms with van der Waals surface area (Å²) < 4.78 is 0. The maximum Gasteiger partial charge on any atom is 0.142 e. The first-order chi connectivity index (χ1) is 16.7. The molecule has 3 saturated carbocycles. The van der Waals surface area contributed by atoms with E-state index < -0.39 is 0 Å². The highest BCUT2D eigenvalue weighted by molar-refractivity contribution is 5.66. The summed E-state index contributed by atoms with van der Waals surface area (Å²) in [7, 11) is 0. The lowest BCUT2D eigenvalue weighted by molar-refractivity contribution is -0.104. The van der Waals surface area contributed by atoms with Crippen molar-refractivity contribution in [2.24, 2.45) is 40.2 Å². The lowest BCUT2D eigenvalue weighted by Gasteiger charge is -2.60. The van der Waals surface area contributed by atoms with Crippen molar-refractivity contribution in [2.75, 3.05) is 0 Å². The molecule has 2 nitrogen and oxygen atoms in total. The molecule has 3 aliphatic carbocycles. The molecule has 0 amide bonds. The van der Waals surface area contributed by atoms with E-state index in [1.165, 1.54) is 62.5 Å². The van der Waals surface area contributed by atoms with Crippen LogP contribution in [0.15, 0.2) is 36.5 Å². The van der Waals surface area contributed by atoms with E-state index in [0.29, 0.717) is 23.2 Å². The van der Waals surface area contributed by atoms with E-state index in [1.807, 2.05) is 26.0 Å². The van der Waals surface area contributed by atoms with Gasteiger partial charge in [0.05, 0.1) is 0 Å². The summed E-state index contributed by atoms with van der Waals surface area (Å²) in [4.78, 5) is 11.2. The summed E-state index contributed by atoms with van der Waals surface area (Å²) in [5, 5.41) is 0. The third kappa shape index (κ3) is 7.21. The number of hydrogen-bond donors (Lipinski definition) is 1. The Kier molecular flexibility index (Phi) is 13.8. The molecule has 0 aromatic rings. The SMILES string of the molecule is C=C(C)C1CCC2C3CC/C(=C/C=O)C(C)(CCC)C3C(N)CC12C.C=CCCCCCC.CC.[HH]. The average molecular weight is 488 g/mol. The number of carbonyl (C=O) groups is 1. The highest BCUT2D eigenvalue weighted by Gasteiger charge is 2.60. The quantitative estimate of drug-likeness (QED) is 0.152. The Morgan fingerprint density at radius 3 is 2.34 bits per heavy atom. The van der Waals surface area contributed by atoms with Crippen LogP contribution >= 0.6 is 0 Å². The van der Waals surface area contributed by atoms with Gasteiger partial charge >= 0.3 is 0 Å². The number of fused-ring (bicyclic) bond motifs is 3. The smallest absolute Gasteiger partial charge is 0.142 e. The number of unbranched alkanes of at least 4 members (excludes halogenated alkanes) is 4. The third-order valence-electron chi connectivity index (χ3n) is 9.64. The molecule has 0 aliphatic heterocycles. The van der Waals surface area contributed by atoms with Crippen LogP contribution in [-0.2, 0) is 4.79 Å². The Morgan fingerprint density at radius 2 is 1.80 bits per heavy atom. The standard InChI is InChI=1S/C23H37NO.C8H16.C2H6.H2/c1-6-12-22(4)16(11-13-25)7-8-17-19-10-9-18(15(2)3)23(19,5)14-20(24)21(17)22;1-3-5-7-8-6-4-2;1-2;/h11,13,17-21H,2,6-10,12,14,24H2,1,3-5H3;3H,1,4-8H2,2H3;1-2H3;1H/b16-11-;;;. The molecule has 0 saturated heterocycles. The minimum absolute atomic E-state index is 0. The Labute approximate surface area is 220 Å². The summed E-state index contributed by atoms with van der Waals surface area (Å²) in [5.74, 6) is 2.63. The molecule has 7 atom stereocenters.